The first-order chi connectivity index (χ1) is 27.0. The number of rotatable bonds is 3. The van der Waals surface area contributed by atoms with Gasteiger partial charge in [-0.25, -0.2) is 0 Å². The number of aromatic nitrogens is 1. The maximum Gasteiger partial charge on any atom is 0.135 e. The van der Waals surface area contributed by atoms with Crippen LogP contribution in [0.1, 0.15) is 25.0 Å². The minimum absolute atomic E-state index is 0.259. The molecular formula is C51H34N2OS. The van der Waals surface area contributed by atoms with Gasteiger partial charge in [-0.15, -0.1) is 11.3 Å². The van der Waals surface area contributed by atoms with Crippen molar-refractivity contribution in [2.45, 2.75) is 19.3 Å². The molecule has 0 fully saturated rings. The molecule has 4 heterocycles. The SMILES string of the molecule is CC1(C)c2cc(-c3ccc4c(c3)c3ccccc3n4-c3ccc4oc5ccccc5c4c3)ccc2N(c2ccccc2)c2ccc3sc4ccccc4c3c21. The standard InChI is InChI=1S/C51H34N2OS/c1-51(2)40-29-32(21-24-43(40)52(33-12-4-3-5-13-33)44-25-27-48-49(50(44)51)37-16-8-11-19-47(37)55-48)31-20-23-42-38(28-31)35-14-6-9-17-41(35)53(42)34-22-26-46-39(30-34)36-15-7-10-18-45(36)54-46/h3-30H,1-2H3. The van der Waals surface area contributed by atoms with Crippen molar-refractivity contribution < 1.29 is 4.42 Å². The molecule has 0 N–H and O–H groups in total. The highest BCUT2D eigenvalue weighted by molar-refractivity contribution is 7.25. The molecule has 1 aliphatic rings. The van der Waals surface area contributed by atoms with Crippen molar-refractivity contribution in [1.82, 2.24) is 4.57 Å². The van der Waals surface area contributed by atoms with Crippen LogP contribution in [0.15, 0.2) is 174 Å². The molecule has 3 aromatic heterocycles. The molecule has 11 aromatic rings. The summed E-state index contributed by atoms with van der Waals surface area (Å²) >= 11 is 1.89. The smallest absolute Gasteiger partial charge is 0.135 e. The molecule has 260 valence electrons. The zero-order chi connectivity index (χ0) is 36.4. The molecule has 0 aliphatic carbocycles. The van der Waals surface area contributed by atoms with E-state index in [1.165, 1.54) is 81.3 Å². The van der Waals surface area contributed by atoms with Gasteiger partial charge in [0.05, 0.1) is 22.4 Å². The van der Waals surface area contributed by atoms with Crippen LogP contribution in [0.3, 0.4) is 0 Å². The lowest BCUT2D eigenvalue weighted by Gasteiger charge is -2.42. The predicted octanol–water partition coefficient (Wildman–Crippen LogP) is 14.8. The zero-order valence-corrected chi connectivity index (χ0v) is 31.2. The van der Waals surface area contributed by atoms with Gasteiger partial charge in [0.15, 0.2) is 0 Å². The summed E-state index contributed by atoms with van der Waals surface area (Å²) in [5.74, 6) is 0. The summed E-state index contributed by atoms with van der Waals surface area (Å²) < 4.78 is 11.3. The van der Waals surface area contributed by atoms with Crippen LogP contribution in [0.5, 0.6) is 0 Å². The third-order valence-corrected chi connectivity index (χ3v) is 13.1. The number of nitrogens with zero attached hydrogens (tertiary/aromatic N) is 2. The Morgan fingerprint density at radius 3 is 2.05 bits per heavy atom. The lowest BCUT2D eigenvalue weighted by molar-refractivity contribution is 0.639. The number of hydrogen-bond acceptors (Lipinski definition) is 3. The molecule has 55 heavy (non-hydrogen) atoms. The molecule has 0 atom stereocenters. The fourth-order valence-electron chi connectivity index (χ4n) is 9.44. The number of benzene rings is 8. The van der Waals surface area contributed by atoms with Crippen LogP contribution in [0.25, 0.3) is 80.7 Å². The Morgan fingerprint density at radius 2 is 1.16 bits per heavy atom. The average molecular weight is 723 g/mol. The molecule has 1 aliphatic heterocycles. The second-order valence-electron chi connectivity index (χ2n) is 15.3. The minimum Gasteiger partial charge on any atom is -0.456 e. The lowest BCUT2D eigenvalue weighted by Crippen LogP contribution is -2.31. The van der Waals surface area contributed by atoms with Gasteiger partial charge < -0.3 is 13.9 Å². The Balaban J connectivity index is 1.06. The van der Waals surface area contributed by atoms with E-state index in [0.717, 1.165) is 27.6 Å². The van der Waals surface area contributed by atoms with Crippen molar-refractivity contribution >= 4 is 92.3 Å². The first-order valence-corrected chi connectivity index (χ1v) is 19.7. The Morgan fingerprint density at radius 1 is 0.473 bits per heavy atom. The third-order valence-electron chi connectivity index (χ3n) is 11.9. The molecule has 0 saturated heterocycles. The van der Waals surface area contributed by atoms with Gasteiger partial charge in [0, 0.05) is 58.5 Å². The van der Waals surface area contributed by atoms with E-state index in [-0.39, 0.29) is 5.41 Å². The summed E-state index contributed by atoms with van der Waals surface area (Å²) in [4.78, 5) is 2.47. The fourth-order valence-corrected chi connectivity index (χ4v) is 10.6. The van der Waals surface area contributed by atoms with E-state index in [0.29, 0.717) is 0 Å². The average Bonchev–Trinajstić information content (AvgIpc) is 3.90. The predicted molar refractivity (Wildman–Crippen MR) is 233 cm³/mol. The highest BCUT2D eigenvalue weighted by Crippen LogP contribution is 2.56. The van der Waals surface area contributed by atoms with Crippen LogP contribution < -0.4 is 4.90 Å². The highest BCUT2D eigenvalue weighted by Gasteiger charge is 2.39. The molecule has 3 nitrogen and oxygen atoms in total. The Kier molecular flexibility index (Phi) is 6.27. The van der Waals surface area contributed by atoms with E-state index in [2.05, 4.69) is 181 Å². The quantitative estimate of drug-likeness (QED) is 0.181. The molecule has 0 bridgehead atoms. The van der Waals surface area contributed by atoms with Crippen molar-refractivity contribution in [2.24, 2.45) is 0 Å². The second-order valence-corrected chi connectivity index (χ2v) is 16.4. The molecular weight excluding hydrogens is 689 g/mol. The maximum absolute atomic E-state index is 6.19. The van der Waals surface area contributed by atoms with Crippen LogP contribution >= 0.6 is 11.3 Å². The molecule has 8 aromatic carbocycles. The molecule has 0 amide bonds. The first-order valence-electron chi connectivity index (χ1n) is 18.9. The number of hydrogen-bond donors (Lipinski definition) is 0. The minimum atomic E-state index is -0.259. The number of furan rings is 1. The van der Waals surface area contributed by atoms with Gasteiger partial charge in [0.1, 0.15) is 11.2 Å². The summed E-state index contributed by atoms with van der Waals surface area (Å²) in [5.41, 5.74) is 13.9. The Hall–Kier alpha value is -6.62. The number of fused-ring (bicyclic) bond motifs is 12. The van der Waals surface area contributed by atoms with Crippen LogP contribution in [0, 0.1) is 0 Å². The van der Waals surface area contributed by atoms with Gasteiger partial charge in [-0.05, 0) is 107 Å². The second kappa shape index (κ2) is 11.2. The monoisotopic (exact) mass is 722 g/mol. The van der Waals surface area contributed by atoms with Crippen molar-refractivity contribution in [3.05, 3.63) is 181 Å². The van der Waals surface area contributed by atoms with Gasteiger partial charge in [-0.2, -0.15) is 0 Å². The molecule has 12 rings (SSSR count). The van der Waals surface area contributed by atoms with E-state index >= 15 is 0 Å². The molecule has 0 radical (unpaired) electrons. The van der Waals surface area contributed by atoms with Gasteiger partial charge in [0.2, 0.25) is 0 Å². The van der Waals surface area contributed by atoms with Crippen molar-refractivity contribution in [3.8, 4) is 16.8 Å². The normalized spacial score (nSPS) is 13.7. The Bertz CT molecular complexity index is 3360. The molecule has 0 unspecified atom stereocenters. The lowest BCUT2D eigenvalue weighted by atomic mass is 9.71. The number of para-hydroxylation sites is 3. The van der Waals surface area contributed by atoms with E-state index in [1.807, 2.05) is 23.5 Å². The summed E-state index contributed by atoms with van der Waals surface area (Å²) in [6.45, 7) is 4.83. The maximum atomic E-state index is 6.19. The van der Waals surface area contributed by atoms with E-state index in [4.69, 9.17) is 4.42 Å². The van der Waals surface area contributed by atoms with Crippen molar-refractivity contribution in [1.29, 1.82) is 0 Å². The van der Waals surface area contributed by atoms with E-state index in [9.17, 15) is 0 Å². The Labute approximate surface area is 321 Å². The van der Waals surface area contributed by atoms with Crippen LogP contribution in [-0.2, 0) is 5.41 Å². The highest BCUT2D eigenvalue weighted by atomic mass is 32.1. The number of thiophene rings is 1. The van der Waals surface area contributed by atoms with Crippen molar-refractivity contribution in [2.75, 3.05) is 4.90 Å². The van der Waals surface area contributed by atoms with Crippen LogP contribution in [0.2, 0.25) is 0 Å². The summed E-state index contributed by atoms with van der Waals surface area (Å²) in [6, 6.07) is 62.1. The largest absolute Gasteiger partial charge is 0.456 e. The van der Waals surface area contributed by atoms with Crippen molar-refractivity contribution in [3.63, 3.8) is 0 Å². The first kappa shape index (κ1) is 30.8. The topological polar surface area (TPSA) is 21.3 Å². The summed E-state index contributed by atoms with van der Waals surface area (Å²) in [7, 11) is 0. The molecule has 4 heteroatoms. The van der Waals surface area contributed by atoms with Gasteiger partial charge >= 0.3 is 0 Å². The fraction of sp³-hybridized carbons (Fsp3) is 0.0588. The van der Waals surface area contributed by atoms with Gasteiger partial charge in [-0.1, -0.05) is 98.8 Å². The number of anilines is 3. The molecule has 0 saturated carbocycles. The zero-order valence-electron chi connectivity index (χ0n) is 30.4. The van der Waals surface area contributed by atoms with Gasteiger partial charge in [-0.3, -0.25) is 0 Å². The summed E-state index contributed by atoms with van der Waals surface area (Å²) in [6.07, 6.45) is 0. The summed E-state index contributed by atoms with van der Waals surface area (Å²) in [5, 5.41) is 7.46. The third kappa shape index (κ3) is 4.31. The van der Waals surface area contributed by atoms with E-state index < -0.39 is 0 Å². The van der Waals surface area contributed by atoms with E-state index in [1.54, 1.807) is 0 Å². The van der Waals surface area contributed by atoms with Crippen LogP contribution in [0.4, 0.5) is 17.1 Å². The van der Waals surface area contributed by atoms with Crippen LogP contribution in [-0.4, -0.2) is 4.57 Å². The molecule has 0 spiro atoms. The van der Waals surface area contributed by atoms with Gasteiger partial charge in [0.25, 0.3) is 0 Å².